The first-order valence-electron chi connectivity index (χ1n) is 8.31. The van der Waals surface area contributed by atoms with E-state index in [1.807, 2.05) is 30.5 Å². The molecule has 1 N–H and O–H groups in total. The summed E-state index contributed by atoms with van der Waals surface area (Å²) < 4.78 is 20.0. The van der Waals surface area contributed by atoms with E-state index >= 15 is 0 Å². The van der Waals surface area contributed by atoms with Crippen LogP contribution in [0.5, 0.6) is 0 Å². The third-order valence-corrected chi connectivity index (χ3v) is 4.25. The maximum Gasteiger partial charge on any atom is 0.258 e. The molecule has 0 aliphatic rings. The summed E-state index contributed by atoms with van der Waals surface area (Å²) >= 11 is 0. The van der Waals surface area contributed by atoms with Gasteiger partial charge in [0.15, 0.2) is 5.69 Å². The third-order valence-electron chi connectivity index (χ3n) is 4.25. The van der Waals surface area contributed by atoms with Gasteiger partial charge in [0.25, 0.3) is 5.89 Å². The Kier molecular flexibility index (Phi) is 3.53. The SMILES string of the molecule is Fc1ccc(Cn2cc(-c3noc(-c4ccc5cc[nH]c5c4)n3)nn2)cc1. The summed E-state index contributed by atoms with van der Waals surface area (Å²) in [6, 6.07) is 14.1. The number of nitrogens with zero attached hydrogens (tertiary/aromatic N) is 5. The summed E-state index contributed by atoms with van der Waals surface area (Å²) in [4.78, 5) is 7.58. The Bertz CT molecular complexity index is 1220. The molecule has 7 nitrogen and oxygen atoms in total. The van der Waals surface area contributed by atoms with E-state index in [1.165, 1.54) is 12.1 Å². The number of aromatic amines is 1. The second-order valence-electron chi connectivity index (χ2n) is 6.13. The lowest BCUT2D eigenvalue weighted by Crippen LogP contribution is -2.00. The number of hydrogen-bond donors (Lipinski definition) is 1. The zero-order chi connectivity index (χ0) is 18.2. The van der Waals surface area contributed by atoms with Crippen molar-refractivity contribution in [2.24, 2.45) is 0 Å². The van der Waals surface area contributed by atoms with Crippen LogP contribution in [0.4, 0.5) is 4.39 Å². The molecule has 0 saturated carbocycles. The van der Waals surface area contributed by atoms with Crippen molar-refractivity contribution in [2.45, 2.75) is 6.54 Å². The van der Waals surface area contributed by atoms with E-state index in [0.717, 1.165) is 22.0 Å². The molecule has 0 aliphatic carbocycles. The fourth-order valence-electron chi connectivity index (χ4n) is 2.88. The van der Waals surface area contributed by atoms with Gasteiger partial charge in [0, 0.05) is 17.3 Å². The number of halogens is 1. The van der Waals surface area contributed by atoms with Gasteiger partial charge in [-0.1, -0.05) is 28.6 Å². The first-order valence-corrected chi connectivity index (χ1v) is 8.31. The Balaban J connectivity index is 1.39. The predicted molar refractivity (Wildman–Crippen MR) is 96.1 cm³/mol. The summed E-state index contributed by atoms with van der Waals surface area (Å²) in [5.41, 5.74) is 3.24. The van der Waals surface area contributed by atoms with Gasteiger partial charge in [-0.15, -0.1) is 5.10 Å². The average Bonchev–Trinajstić information content (AvgIpc) is 3.43. The molecule has 0 fully saturated rings. The van der Waals surface area contributed by atoms with Crippen molar-refractivity contribution in [1.29, 1.82) is 0 Å². The number of fused-ring (bicyclic) bond motifs is 1. The van der Waals surface area contributed by atoms with Crippen molar-refractivity contribution in [1.82, 2.24) is 30.1 Å². The normalized spacial score (nSPS) is 11.3. The van der Waals surface area contributed by atoms with E-state index in [1.54, 1.807) is 23.0 Å². The Hall–Kier alpha value is -3.81. The molecule has 0 amide bonds. The van der Waals surface area contributed by atoms with Crippen LogP contribution >= 0.6 is 0 Å². The van der Waals surface area contributed by atoms with Gasteiger partial charge < -0.3 is 9.51 Å². The quantitative estimate of drug-likeness (QED) is 0.529. The number of aromatic nitrogens is 6. The second-order valence-corrected chi connectivity index (χ2v) is 6.13. The Morgan fingerprint density at radius 3 is 2.85 bits per heavy atom. The molecule has 27 heavy (non-hydrogen) atoms. The highest BCUT2D eigenvalue weighted by Crippen LogP contribution is 2.24. The molecule has 0 radical (unpaired) electrons. The van der Waals surface area contributed by atoms with Crippen LogP contribution in [0.1, 0.15) is 5.56 Å². The Labute approximate surface area is 152 Å². The molecule has 0 saturated heterocycles. The van der Waals surface area contributed by atoms with Gasteiger partial charge in [0.2, 0.25) is 5.82 Å². The summed E-state index contributed by atoms with van der Waals surface area (Å²) in [5.74, 6) is 0.506. The molecule has 132 valence electrons. The topological polar surface area (TPSA) is 85.4 Å². The summed E-state index contributed by atoms with van der Waals surface area (Å²) in [6.45, 7) is 0.474. The maximum atomic E-state index is 13.0. The minimum atomic E-state index is -0.269. The van der Waals surface area contributed by atoms with Gasteiger partial charge in [0.1, 0.15) is 5.82 Å². The number of H-pyrrole nitrogens is 1. The van der Waals surface area contributed by atoms with Crippen LogP contribution in [-0.4, -0.2) is 30.1 Å². The first kappa shape index (κ1) is 15.4. The zero-order valence-corrected chi connectivity index (χ0v) is 14.0. The monoisotopic (exact) mass is 360 g/mol. The Morgan fingerprint density at radius 1 is 1.07 bits per heavy atom. The van der Waals surface area contributed by atoms with E-state index in [2.05, 4.69) is 25.4 Å². The second kappa shape index (κ2) is 6.17. The molecular weight excluding hydrogens is 347 g/mol. The molecule has 0 bridgehead atoms. The molecule has 0 unspecified atom stereocenters. The van der Waals surface area contributed by atoms with E-state index in [4.69, 9.17) is 4.52 Å². The minimum Gasteiger partial charge on any atom is -0.361 e. The summed E-state index contributed by atoms with van der Waals surface area (Å²) in [5, 5.41) is 13.3. The van der Waals surface area contributed by atoms with E-state index in [0.29, 0.717) is 24.0 Å². The number of nitrogens with one attached hydrogen (secondary N) is 1. The lowest BCUT2D eigenvalue weighted by Gasteiger charge is -1.99. The molecule has 8 heteroatoms. The van der Waals surface area contributed by atoms with Crippen molar-refractivity contribution in [2.75, 3.05) is 0 Å². The van der Waals surface area contributed by atoms with E-state index in [9.17, 15) is 4.39 Å². The van der Waals surface area contributed by atoms with Gasteiger partial charge in [-0.3, -0.25) is 0 Å². The van der Waals surface area contributed by atoms with Gasteiger partial charge in [0.05, 0.1) is 12.7 Å². The van der Waals surface area contributed by atoms with Crippen LogP contribution < -0.4 is 0 Å². The lowest BCUT2D eigenvalue weighted by molar-refractivity contribution is 0.432. The highest BCUT2D eigenvalue weighted by molar-refractivity contribution is 5.83. The smallest absolute Gasteiger partial charge is 0.258 e. The predicted octanol–water partition coefficient (Wildman–Crippen LogP) is 3.66. The molecule has 0 atom stereocenters. The molecule has 0 spiro atoms. The summed E-state index contributed by atoms with van der Waals surface area (Å²) in [6.07, 6.45) is 3.61. The third kappa shape index (κ3) is 2.97. The molecule has 0 aliphatic heterocycles. The lowest BCUT2D eigenvalue weighted by atomic mass is 10.1. The van der Waals surface area contributed by atoms with Crippen molar-refractivity contribution in [3.63, 3.8) is 0 Å². The molecule has 3 heterocycles. The highest BCUT2D eigenvalue weighted by Gasteiger charge is 2.14. The summed E-state index contributed by atoms with van der Waals surface area (Å²) in [7, 11) is 0. The van der Waals surface area contributed by atoms with Crippen molar-refractivity contribution in [3.8, 4) is 23.0 Å². The van der Waals surface area contributed by atoms with Crippen molar-refractivity contribution >= 4 is 10.9 Å². The average molecular weight is 360 g/mol. The number of benzene rings is 2. The first-order chi connectivity index (χ1) is 13.2. The molecule has 5 aromatic rings. The van der Waals surface area contributed by atoms with Crippen LogP contribution in [0.3, 0.4) is 0 Å². The molecule has 2 aromatic carbocycles. The van der Waals surface area contributed by atoms with Crippen molar-refractivity contribution in [3.05, 3.63) is 72.3 Å². The fourth-order valence-corrected chi connectivity index (χ4v) is 2.88. The van der Waals surface area contributed by atoms with E-state index in [-0.39, 0.29) is 5.82 Å². The van der Waals surface area contributed by atoms with Crippen LogP contribution in [0.15, 0.2) is 65.4 Å². The molecule has 3 aromatic heterocycles. The van der Waals surface area contributed by atoms with Crippen LogP contribution in [0.2, 0.25) is 0 Å². The maximum absolute atomic E-state index is 13.0. The van der Waals surface area contributed by atoms with Crippen molar-refractivity contribution < 1.29 is 8.91 Å². The minimum absolute atomic E-state index is 0.269. The highest BCUT2D eigenvalue weighted by atomic mass is 19.1. The number of rotatable bonds is 4. The zero-order valence-electron chi connectivity index (χ0n) is 14.0. The number of hydrogen-bond acceptors (Lipinski definition) is 5. The van der Waals surface area contributed by atoms with Gasteiger partial charge in [-0.2, -0.15) is 4.98 Å². The Morgan fingerprint density at radius 2 is 1.96 bits per heavy atom. The van der Waals surface area contributed by atoms with Gasteiger partial charge >= 0.3 is 0 Å². The molecular formula is C19H13FN6O. The van der Waals surface area contributed by atoms with Crippen LogP contribution in [0, 0.1) is 5.82 Å². The van der Waals surface area contributed by atoms with Gasteiger partial charge in [-0.25, -0.2) is 9.07 Å². The van der Waals surface area contributed by atoms with E-state index < -0.39 is 0 Å². The van der Waals surface area contributed by atoms with Crippen LogP contribution in [0.25, 0.3) is 33.9 Å². The fraction of sp³-hybridized carbons (Fsp3) is 0.0526. The molecule has 5 rings (SSSR count). The van der Waals surface area contributed by atoms with Gasteiger partial charge in [-0.05, 0) is 41.3 Å². The standard InChI is InChI=1S/C19H13FN6O/c20-15-5-1-12(2-6-15)10-26-11-17(23-25-26)18-22-19(27-24-18)14-4-3-13-7-8-21-16(13)9-14/h1-9,11,21H,10H2. The largest absolute Gasteiger partial charge is 0.361 e. The van der Waals surface area contributed by atoms with Crippen LogP contribution in [-0.2, 0) is 6.54 Å².